The summed E-state index contributed by atoms with van der Waals surface area (Å²) < 4.78 is 5.74. The van der Waals surface area contributed by atoms with Gasteiger partial charge in [0.1, 0.15) is 12.4 Å². The highest BCUT2D eigenvalue weighted by Crippen LogP contribution is 2.25. The minimum absolute atomic E-state index is 0. The van der Waals surface area contributed by atoms with Gasteiger partial charge in [0.15, 0.2) is 11.5 Å². The van der Waals surface area contributed by atoms with Gasteiger partial charge < -0.3 is 15.1 Å². The van der Waals surface area contributed by atoms with Crippen molar-refractivity contribution in [3.05, 3.63) is 83.1 Å². The first-order valence-electron chi connectivity index (χ1n) is 14.0. The van der Waals surface area contributed by atoms with Crippen LogP contribution in [0, 0.1) is 12.8 Å². The lowest BCUT2D eigenvalue weighted by molar-refractivity contribution is -0.182. The van der Waals surface area contributed by atoms with Gasteiger partial charge in [0.2, 0.25) is 12.3 Å². The molecule has 9 heteroatoms. The van der Waals surface area contributed by atoms with E-state index in [2.05, 4.69) is 17.6 Å². The summed E-state index contributed by atoms with van der Waals surface area (Å²) >= 11 is 0. The van der Waals surface area contributed by atoms with E-state index in [1.165, 1.54) is 0 Å². The predicted octanol–water partition coefficient (Wildman–Crippen LogP) is 5.93. The summed E-state index contributed by atoms with van der Waals surface area (Å²) in [6.45, 7) is 5.97. The molecule has 0 radical (unpaired) electrons. The van der Waals surface area contributed by atoms with Crippen molar-refractivity contribution < 1.29 is 31.3 Å². The number of furan rings is 1. The van der Waals surface area contributed by atoms with Crippen molar-refractivity contribution in [2.75, 3.05) is 13.2 Å². The molecule has 41 heavy (non-hydrogen) atoms. The van der Waals surface area contributed by atoms with Crippen LogP contribution in [0.3, 0.4) is 0 Å². The van der Waals surface area contributed by atoms with Crippen LogP contribution in [0.15, 0.2) is 65.1 Å². The fraction of sp³-hybridized carbons (Fsp3) is 0.375. The Kier molecular flexibility index (Phi) is 12.3. The van der Waals surface area contributed by atoms with Crippen LogP contribution in [-0.4, -0.2) is 42.3 Å². The van der Waals surface area contributed by atoms with E-state index < -0.39 is 11.8 Å². The van der Waals surface area contributed by atoms with Gasteiger partial charge in [-0.2, -0.15) is 0 Å². The first-order valence-corrected chi connectivity index (χ1v) is 14.0. The van der Waals surface area contributed by atoms with Gasteiger partial charge in [0.05, 0.1) is 19.1 Å². The fourth-order valence-electron chi connectivity index (χ4n) is 4.35. The molecule has 3 amide bonds. The normalized spacial score (nSPS) is 11.5. The Labute approximate surface area is 244 Å². The number of aryl methyl sites for hydroxylation is 1. The maximum Gasteiger partial charge on any atom is 0.288 e. The van der Waals surface area contributed by atoms with E-state index >= 15 is 0 Å². The Morgan fingerprint density at radius 3 is 2.51 bits per heavy atom. The Morgan fingerprint density at radius 1 is 1.02 bits per heavy atom. The standard InChI is InChI=1S/C32H39N3O6.2H2/c1-4-6-8-13-26(19-35(22-36)40-20-24-11-9-7-10-12-24)31(38)33-21-34-32(39)30-17-16-29(41-30)25-15-14-23(3)27(18-25)28(37)5-2;;/h7,9-12,14-18,22,26H,4-6,8,13,19-21H2,1-3H3,(H,33,38)(H,34,39);2*1H/t26-;;/m1../s1. The molecular formula is C32H43N3O6. The lowest BCUT2D eigenvalue weighted by Crippen LogP contribution is -2.43. The molecule has 0 aliphatic heterocycles. The molecule has 3 aromatic rings. The highest BCUT2D eigenvalue weighted by Gasteiger charge is 2.22. The molecule has 0 bridgehead atoms. The molecule has 0 saturated heterocycles. The summed E-state index contributed by atoms with van der Waals surface area (Å²) in [7, 11) is 0. The van der Waals surface area contributed by atoms with Gasteiger partial charge in [-0.05, 0) is 42.7 Å². The number of hydroxylamine groups is 2. The van der Waals surface area contributed by atoms with E-state index in [9.17, 15) is 19.2 Å². The number of carbonyl (C=O) groups is 4. The maximum absolute atomic E-state index is 13.0. The predicted molar refractivity (Wildman–Crippen MR) is 160 cm³/mol. The molecule has 0 unspecified atom stereocenters. The van der Waals surface area contributed by atoms with Crippen LogP contribution < -0.4 is 10.6 Å². The Morgan fingerprint density at radius 2 is 1.80 bits per heavy atom. The van der Waals surface area contributed by atoms with Gasteiger partial charge in [-0.1, -0.05) is 75.6 Å². The van der Waals surface area contributed by atoms with Crippen LogP contribution >= 0.6 is 0 Å². The average Bonchev–Trinajstić information content (AvgIpc) is 3.49. The molecule has 1 heterocycles. The molecule has 0 spiro atoms. The Hall–Kier alpha value is -4.24. The lowest BCUT2D eigenvalue weighted by atomic mass is 9.99. The number of nitrogens with zero attached hydrogens (tertiary/aromatic N) is 1. The third kappa shape index (κ3) is 9.42. The minimum atomic E-state index is -0.504. The van der Waals surface area contributed by atoms with Crippen molar-refractivity contribution in [1.29, 1.82) is 0 Å². The minimum Gasteiger partial charge on any atom is -0.451 e. The molecule has 222 valence electrons. The molecule has 0 aliphatic carbocycles. The molecule has 0 fully saturated rings. The van der Waals surface area contributed by atoms with Gasteiger partial charge in [-0.3, -0.25) is 24.0 Å². The van der Waals surface area contributed by atoms with E-state index in [1.54, 1.807) is 18.2 Å². The number of amides is 3. The summed E-state index contributed by atoms with van der Waals surface area (Å²) in [6.07, 6.45) is 4.33. The number of Topliss-reactive ketones (excluding diaryl/α,β-unsaturated/α-hetero) is 1. The van der Waals surface area contributed by atoms with Crippen molar-refractivity contribution in [2.24, 2.45) is 5.92 Å². The summed E-state index contributed by atoms with van der Waals surface area (Å²) in [5.74, 6) is -0.696. The molecule has 9 nitrogen and oxygen atoms in total. The summed E-state index contributed by atoms with van der Waals surface area (Å²) in [5, 5.41) is 6.53. The van der Waals surface area contributed by atoms with E-state index in [0.29, 0.717) is 36.1 Å². The van der Waals surface area contributed by atoms with Crippen molar-refractivity contribution in [3.63, 3.8) is 0 Å². The third-order valence-electron chi connectivity index (χ3n) is 6.77. The number of rotatable bonds is 17. The van der Waals surface area contributed by atoms with Gasteiger partial charge in [0, 0.05) is 20.4 Å². The number of benzene rings is 2. The smallest absolute Gasteiger partial charge is 0.288 e. The summed E-state index contributed by atoms with van der Waals surface area (Å²) in [6, 6.07) is 18.1. The summed E-state index contributed by atoms with van der Waals surface area (Å²) in [4.78, 5) is 55.2. The van der Waals surface area contributed by atoms with Crippen molar-refractivity contribution >= 4 is 24.0 Å². The van der Waals surface area contributed by atoms with Gasteiger partial charge >= 0.3 is 0 Å². The molecule has 2 N–H and O–H groups in total. The molecular weight excluding hydrogens is 522 g/mol. The zero-order valence-corrected chi connectivity index (χ0v) is 24.0. The first kappa shape index (κ1) is 31.3. The number of ketones is 1. The van der Waals surface area contributed by atoms with Crippen LogP contribution in [0.1, 0.15) is 80.8 Å². The average molecular weight is 566 g/mol. The lowest BCUT2D eigenvalue weighted by Gasteiger charge is -2.23. The second-order valence-electron chi connectivity index (χ2n) is 9.85. The van der Waals surface area contributed by atoms with E-state index in [-0.39, 0.29) is 40.1 Å². The quantitative estimate of drug-likeness (QED) is 0.0689. The number of nitrogens with one attached hydrogen (secondary N) is 2. The van der Waals surface area contributed by atoms with E-state index in [0.717, 1.165) is 35.5 Å². The molecule has 2 aromatic carbocycles. The molecule has 0 aliphatic rings. The number of unbranched alkanes of at least 4 members (excludes halogenated alkanes) is 2. The largest absolute Gasteiger partial charge is 0.451 e. The van der Waals surface area contributed by atoms with Crippen LogP contribution in [0.25, 0.3) is 11.3 Å². The van der Waals surface area contributed by atoms with Crippen LogP contribution in [0.2, 0.25) is 0 Å². The van der Waals surface area contributed by atoms with Gasteiger partial charge in [-0.15, -0.1) is 0 Å². The number of hydrogen-bond acceptors (Lipinski definition) is 6. The van der Waals surface area contributed by atoms with E-state index in [4.69, 9.17) is 9.25 Å². The highest BCUT2D eigenvalue weighted by molar-refractivity contribution is 5.98. The fourth-order valence-corrected chi connectivity index (χ4v) is 4.35. The molecule has 0 saturated carbocycles. The molecule has 1 atom stereocenters. The van der Waals surface area contributed by atoms with E-state index in [1.807, 2.05) is 56.3 Å². The first-order chi connectivity index (χ1) is 19.9. The van der Waals surface area contributed by atoms with Crippen LogP contribution in [0.5, 0.6) is 0 Å². The zero-order valence-electron chi connectivity index (χ0n) is 24.0. The Balaban J connectivity index is 0.00000462. The Bertz CT molecular complexity index is 1320. The van der Waals surface area contributed by atoms with Gasteiger partial charge in [0.25, 0.3) is 5.91 Å². The summed E-state index contributed by atoms with van der Waals surface area (Å²) in [5.41, 5.74) is 3.12. The topological polar surface area (TPSA) is 118 Å². The number of carbonyl (C=O) groups excluding carboxylic acids is 4. The second kappa shape index (κ2) is 16.1. The van der Waals surface area contributed by atoms with Gasteiger partial charge in [-0.25, -0.2) is 5.06 Å². The second-order valence-corrected chi connectivity index (χ2v) is 9.85. The zero-order chi connectivity index (χ0) is 29.6. The molecule has 1 aromatic heterocycles. The monoisotopic (exact) mass is 565 g/mol. The molecule has 3 rings (SSSR count). The van der Waals surface area contributed by atoms with Crippen molar-refractivity contribution in [1.82, 2.24) is 15.7 Å². The SMILES string of the molecule is CCCCC[C@H](CN(C=O)OCc1ccccc1)C(=O)NCNC(=O)c1ccc(-c2ccc(C)c(C(=O)CC)c2)o1.[HH].[HH]. The van der Waals surface area contributed by atoms with Crippen molar-refractivity contribution in [2.45, 2.75) is 59.5 Å². The highest BCUT2D eigenvalue weighted by atomic mass is 16.7. The third-order valence-corrected chi connectivity index (χ3v) is 6.77. The van der Waals surface area contributed by atoms with Crippen LogP contribution in [0.4, 0.5) is 0 Å². The number of hydrogen-bond donors (Lipinski definition) is 2. The van der Waals surface area contributed by atoms with Crippen molar-refractivity contribution in [3.8, 4) is 11.3 Å². The van der Waals surface area contributed by atoms with Crippen LogP contribution in [-0.2, 0) is 21.0 Å². The maximum atomic E-state index is 13.0.